The van der Waals surface area contributed by atoms with E-state index in [0.717, 1.165) is 23.0 Å². The molecule has 174 valence electrons. The lowest BCUT2D eigenvalue weighted by atomic mass is 10.1. The van der Waals surface area contributed by atoms with E-state index in [-0.39, 0.29) is 17.7 Å². The number of anilines is 1. The number of nitrogens with zero attached hydrogens (tertiary/aromatic N) is 5. The zero-order valence-corrected chi connectivity index (χ0v) is 19.3. The molecule has 1 atom stereocenters. The number of benzene rings is 2. The number of hydrogen-bond donors (Lipinski definition) is 2. The maximum Gasteiger partial charge on any atom is 0.256 e. The van der Waals surface area contributed by atoms with Crippen molar-refractivity contribution in [2.45, 2.75) is 12.5 Å². The van der Waals surface area contributed by atoms with E-state index in [4.69, 9.17) is 17.3 Å². The van der Waals surface area contributed by atoms with Gasteiger partial charge in [0.05, 0.1) is 11.1 Å². The Kier molecular flexibility index (Phi) is 6.08. The zero-order chi connectivity index (χ0) is 23.7. The maximum atomic E-state index is 13.7. The predicted molar refractivity (Wildman–Crippen MR) is 133 cm³/mol. The quantitative estimate of drug-likeness (QED) is 0.457. The van der Waals surface area contributed by atoms with E-state index in [9.17, 15) is 9.90 Å². The Labute approximate surface area is 202 Å². The molecule has 1 unspecified atom stereocenters. The van der Waals surface area contributed by atoms with Crippen LogP contribution in [0.3, 0.4) is 0 Å². The van der Waals surface area contributed by atoms with Crippen molar-refractivity contribution < 1.29 is 9.90 Å². The monoisotopic (exact) mass is 476 g/mol. The number of carbonyl (C=O) groups excluding carboxylic acids is 1. The van der Waals surface area contributed by atoms with Crippen molar-refractivity contribution >= 4 is 34.1 Å². The highest BCUT2D eigenvalue weighted by atomic mass is 35.5. The topological polar surface area (TPSA) is 101 Å². The maximum absolute atomic E-state index is 13.7. The summed E-state index contributed by atoms with van der Waals surface area (Å²) in [6.07, 6.45) is 5.88. The molecular formula is C25H25ClN6O2. The first kappa shape index (κ1) is 22.2. The van der Waals surface area contributed by atoms with Crippen LogP contribution in [0.25, 0.3) is 16.9 Å². The summed E-state index contributed by atoms with van der Waals surface area (Å²) in [4.78, 5) is 26.6. The number of halogens is 1. The van der Waals surface area contributed by atoms with Gasteiger partial charge in [-0.2, -0.15) is 0 Å². The number of phenols is 1. The van der Waals surface area contributed by atoms with Crippen LogP contribution in [-0.2, 0) is 0 Å². The van der Waals surface area contributed by atoms with Crippen molar-refractivity contribution in [2.75, 3.05) is 31.1 Å². The van der Waals surface area contributed by atoms with Crippen molar-refractivity contribution in [1.82, 2.24) is 19.4 Å². The first-order valence-corrected chi connectivity index (χ1v) is 11.6. The number of amides is 1. The molecule has 8 nitrogen and oxygen atoms in total. The van der Waals surface area contributed by atoms with Crippen LogP contribution in [0.2, 0.25) is 5.02 Å². The van der Waals surface area contributed by atoms with Crippen LogP contribution in [-0.4, -0.2) is 62.7 Å². The molecule has 0 saturated carbocycles. The lowest BCUT2D eigenvalue weighted by Gasteiger charge is -2.43. The van der Waals surface area contributed by atoms with E-state index in [1.807, 2.05) is 29.2 Å². The van der Waals surface area contributed by atoms with Crippen LogP contribution in [0.5, 0.6) is 5.75 Å². The molecule has 1 amide bonds. The molecule has 2 aromatic heterocycles. The summed E-state index contributed by atoms with van der Waals surface area (Å²) in [5.41, 5.74) is 8.29. The average Bonchev–Trinajstić information content (AvgIpc) is 3.23. The fraction of sp³-hybridized carbons (Fsp3) is 0.240. The third kappa shape index (κ3) is 4.18. The van der Waals surface area contributed by atoms with E-state index in [2.05, 4.69) is 14.9 Å². The van der Waals surface area contributed by atoms with E-state index < -0.39 is 0 Å². The minimum atomic E-state index is -0.0469. The largest absolute Gasteiger partial charge is 0.508 e. The summed E-state index contributed by atoms with van der Waals surface area (Å²) < 4.78 is 1.80. The first-order chi connectivity index (χ1) is 16.5. The van der Waals surface area contributed by atoms with Gasteiger partial charge in [-0.1, -0.05) is 17.7 Å². The molecule has 0 bridgehead atoms. The summed E-state index contributed by atoms with van der Waals surface area (Å²) >= 11 is 6.27. The fourth-order valence-electron chi connectivity index (χ4n) is 4.59. The average molecular weight is 477 g/mol. The Morgan fingerprint density at radius 2 is 1.88 bits per heavy atom. The molecule has 34 heavy (non-hydrogen) atoms. The summed E-state index contributed by atoms with van der Waals surface area (Å²) in [5, 5.41) is 11.0. The fourth-order valence-corrected chi connectivity index (χ4v) is 4.75. The van der Waals surface area contributed by atoms with E-state index in [0.29, 0.717) is 42.7 Å². The number of aromatic hydroxyl groups is 1. The molecular weight excluding hydrogens is 452 g/mol. The molecule has 4 aromatic rings. The van der Waals surface area contributed by atoms with Crippen LogP contribution in [0.1, 0.15) is 16.8 Å². The molecule has 1 aliphatic heterocycles. The van der Waals surface area contributed by atoms with E-state index in [1.165, 1.54) is 0 Å². The van der Waals surface area contributed by atoms with Gasteiger partial charge in [-0.05, 0) is 55.4 Å². The molecule has 9 heteroatoms. The number of nitrogens with two attached hydrogens (primary N) is 1. The minimum Gasteiger partial charge on any atom is -0.508 e. The molecule has 5 rings (SSSR count). The van der Waals surface area contributed by atoms with Crippen LogP contribution >= 0.6 is 11.6 Å². The predicted octanol–water partition coefficient (Wildman–Crippen LogP) is 3.46. The van der Waals surface area contributed by atoms with Crippen LogP contribution in [0.15, 0.2) is 67.1 Å². The molecule has 3 heterocycles. The molecule has 0 aliphatic carbocycles. The van der Waals surface area contributed by atoms with Gasteiger partial charge in [0.2, 0.25) is 5.95 Å². The Morgan fingerprint density at radius 3 is 2.62 bits per heavy atom. The second-order valence-corrected chi connectivity index (χ2v) is 8.75. The lowest BCUT2D eigenvalue weighted by molar-refractivity contribution is 0.0722. The van der Waals surface area contributed by atoms with Gasteiger partial charge in [0.1, 0.15) is 5.75 Å². The number of piperazine rings is 1. The normalized spacial score (nSPS) is 16.2. The second-order valence-electron chi connectivity index (χ2n) is 8.32. The van der Waals surface area contributed by atoms with Crippen molar-refractivity contribution in [2.24, 2.45) is 5.73 Å². The van der Waals surface area contributed by atoms with Gasteiger partial charge in [-0.25, -0.2) is 9.97 Å². The summed E-state index contributed by atoms with van der Waals surface area (Å²) in [6, 6.07) is 14.5. The van der Waals surface area contributed by atoms with Crippen LogP contribution in [0.4, 0.5) is 5.69 Å². The van der Waals surface area contributed by atoms with E-state index in [1.54, 1.807) is 47.4 Å². The zero-order valence-electron chi connectivity index (χ0n) is 18.5. The summed E-state index contributed by atoms with van der Waals surface area (Å²) in [7, 11) is 0. The molecule has 1 fully saturated rings. The van der Waals surface area contributed by atoms with Gasteiger partial charge >= 0.3 is 0 Å². The van der Waals surface area contributed by atoms with Crippen molar-refractivity contribution in [3.05, 3.63) is 77.7 Å². The summed E-state index contributed by atoms with van der Waals surface area (Å²) in [5.74, 6) is 0.660. The van der Waals surface area contributed by atoms with E-state index >= 15 is 0 Å². The Hall–Kier alpha value is -3.62. The van der Waals surface area contributed by atoms with Crippen molar-refractivity contribution in [1.29, 1.82) is 0 Å². The number of phenolic OH excluding ortho intramolecular Hbond substituents is 1. The van der Waals surface area contributed by atoms with Gasteiger partial charge in [-0.3, -0.25) is 9.36 Å². The standard InChI is InChI=1S/C25H25ClN6O2/c26-17-2-7-21-22(16-32(23(21)14-17)25-28-10-1-11-29-25)24(34)30-12-13-31(19(15-30)8-9-27)18-3-5-20(33)6-4-18/h1-7,10-11,14,16,19,33H,8-9,12-13,15,27H2. The Bertz CT molecular complexity index is 1310. The molecule has 0 spiro atoms. The molecule has 1 aliphatic rings. The van der Waals surface area contributed by atoms with Crippen LogP contribution < -0.4 is 10.6 Å². The number of rotatable bonds is 5. The third-order valence-corrected chi connectivity index (χ3v) is 6.45. The first-order valence-electron chi connectivity index (χ1n) is 11.2. The van der Waals surface area contributed by atoms with Crippen LogP contribution in [0, 0.1) is 0 Å². The molecule has 2 aromatic carbocycles. The van der Waals surface area contributed by atoms with Crippen molar-refractivity contribution in [3.63, 3.8) is 0 Å². The minimum absolute atomic E-state index is 0.0469. The number of hydrogen-bond acceptors (Lipinski definition) is 6. The molecule has 1 saturated heterocycles. The van der Waals surface area contributed by atoms with Gasteiger partial charge in [0.15, 0.2) is 0 Å². The highest BCUT2D eigenvalue weighted by molar-refractivity contribution is 6.31. The second kappa shape index (κ2) is 9.32. The number of aromatic nitrogens is 3. The SMILES string of the molecule is NCCC1CN(C(=O)c2cn(-c3ncccn3)c3cc(Cl)ccc23)CCN1c1ccc(O)cc1. The third-order valence-electron chi connectivity index (χ3n) is 6.22. The van der Waals surface area contributed by atoms with Gasteiger partial charge in [0, 0.05) is 60.4 Å². The smallest absolute Gasteiger partial charge is 0.256 e. The summed E-state index contributed by atoms with van der Waals surface area (Å²) in [6.45, 7) is 2.32. The molecule has 3 N–H and O–H groups in total. The van der Waals surface area contributed by atoms with Gasteiger partial charge < -0.3 is 20.6 Å². The van der Waals surface area contributed by atoms with Gasteiger partial charge in [0.25, 0.3) is 5.91 Å². The Morgan fingerprint density at radius 1 is 1.12 bits per heavy atom. The Balaban J connectivity index is 1.47. The van der Waals surface area contributed by atoms with Gasteiger partial charge in [-0.15, -0.1) is 0 Å². The number of fused-ring (bicyclic) bond motifs is 1. The highest BCUT2D eigenvalue weighted by Crippen LogP contribution is 2.29. The van der Waals surface area contributed by atoms with Crippen molar-refractivity contribution in [3.8, 4) is 11.7 Å². The molecule has 0 radical (unpaired) electrons. The number of carbonyl (C=O) groups is 1. The highest BCUT2D eigenvalue weighted by Gasteiger charge is 2.31. The lowest BCUT2D eigenvalue weighted by Crippen LogP contribution is -2.55.